The Labute approximate surface area is 109 Å². The minimum atomic E-state index is -0.400. The molecule has 100 valence electrons. The zero-order valence-corrected chi connectivity index (χ0v) is 11.0. The number of aliphatic hydroxyl groups excluding tert-OH is 2. The summed E-state index contributed by atoms with van der Waals surface area (Å²) in [7, 11) is 0. The lowest BCUT2D eigenvalue weighted by Crippen LogP contribution is -2.43. The lowest BCUT2D eigenvalue weighted by atomic mass is 9.95. The van der Waals surface area contributed by atoms with E-state index in [2.05, 4.69) is 11.8 Å². The largest absolute Gasteiger partial charge is 0.392 e. The summed E-state index contributed by atoms with van der Waals surface area (Å²) >= 11 is 0. The molecule has 0 aliphatic carbocycles. The molecular formula is C15H23NO2. The van der Waals surface area contributed by atoms with E-state index >= 15 is 0 Å². The summed E-state index contributed by atoms with van der Waals surface area (Å²) < 4.78 is 0. The van der Waals surface area contributed by atoms with Gasteiger partial charge in [-0.25, -0.2) is 0 Å². The van der Waals surface area contributed by atoms with Gasteiger partial charge in [0.05, 0.1) is 12.2 Å². The van der Waals surface area contributed by atoms with Gasteiger partial charge in [0.2, 0.25) is 0 Å². The van der Waals surface area contributed by atoms with E-state index in [1.54, 1.807) is 0 Å². The Kier molecular flexibility index (Phi) is 4.75. The molecule has 2 rings (SSSR count). The monoisotopic (exact) mass is 249 g/mol. The second kappa shape index (κ2) is 6.32. The molecule has 0 radical (unpaired) electrons. The van der Waals surface area contributed by atoms with E-state index in [-0.39, 0.29) is 6.10 Å². The molecule has 3 heteroatoms. The molecule has 0 bridgehead atoms. The Hall–Kier alpha value is -0.900. The zero-order chi connectivity index (χ0) is 13.0. The van der Waals surface area contributed by atoms with Gasteiger partial charge in [-0.15, -0.1) is 0 Å². The predicted octanol–water partition coefficient (Wildman–Crippen LogP) is 1.81. The van der Waals surface area contributed by atoms with Crippen LogP contribution in [0.2, 0.25) is 0 Å². The predicted molar refractivity (Wildman–Crippen MR) is 72.2 cm³/mol. The molecular weight excluding hydrogens is 226 g/mol. The van der Waals surface area contributed by atoms with Gasteiger partial charge in [-0.3, -0.25) is 0 Å². The number of β-amino-alcohol motifs (C(OH)–C–C–N with tert-alkyl or cyclic N) is 1. The molecule has 0 saturated carbocycles. The maximum absolute atomic E-state index is 10.1. The van der Waals surface area contributed by atoms with Crippen LogP contribution >= 0.6 is 0 Å². The fourth-order valence-corrected chi connectivity index (χ4v) is 2.46. The summed E-state index contributed by atoms with van der Waals surface area (Å²) in [6.45, 7) is 4.71. The quantitative estimate of drug-likeness (QED) is 0.855. The number of nitrogens with zero attached hydrogens (tertiary/aromatic N) is 1. The standard InChI is InChI=1S/C15H23NO2/c1-12-7-9-16(11-15(12)18)10-8-14(17)13-5-3-2-4-6-13/h2-6,12,14-15,17-18H,7-11H2,1H3. The maximum atomic E-state index is 10.1. The highest BCUT2D eigenvalue weighted by Gasteiger charge is 2.24. The molecule has 2 N–H and O–H groups in total. The SMILES string of the molecule is CC1CCN(CCC(O)c2ccccc2)CC1O. The number of piperidine rings is 1. The average Bonchev–Trinajstić information content (AvgIpc) is 2.41. The van der Waals surface area contributed by atoms with E-state index in [0.717, 1.165) is 38.0 Å². The smallest absolute Gasteiger partial charge is 0.0802 e. The highest BCUT2D eigenvalue weighted by Crippen LogP contribution is 2.20. The molecule has 0 spiro atoms. The van der Waals surface area contributed by atoms with Crippen molar-refractivity contribution in [3.8, 4) is 0 Å². The number of likely N-dealkylation sites (tertiary alicyclic amines) is 1. The van der Waals surface area contributed by atoms with E-state index in [1.165, 1.54) is 0 Å². The van der Waals surface area contributed by atoms with Crippen LogP contribution in [0, 0.1) is 5.92 Å². The molecule has 1 aliphatic rings. The summed E-state index contributed by atoms with van der Waals surface area (Å²) in [6.07, 6.45) is 1.16. The molecule has 18 heavy (non-hydrogen) atoms. The fraction of sp³-hybridized carbons (Fsp3) is 0.600. The molecule has 0 amide bonds. The Morgan fingerprint density at radius 3 is 2.72 bits per heavy atom. The van der Waals surface area contributed by atoms with Gasteiger partial charge in [-0.1, -0.05) is 37.3 Å². The van der Waals surface area contributed by atoms with Crippen LogP contribution < -0.4 is 0 Å². The third kappa shape index (κ3) is 3.55. The van der Waals surface area contributed by atoms with Crippen LogP contribution in [-0.2, 0) is 0 Å². The lowest BCUT2D eigenvalue weighted by molar-refractivity contribution is 0.0226. The van der Waals surface area contributed by atoms with Crippen LogP contribution in [0.3, 0.4) is 0 Å². The van der Waals surface area contributed by atoms with Crippen molar-refractivity contribution in [1.29, 1.82) is 0 Å². The van der Waals surface area contributed by atoms with Gasteiger partial charge in [-0.2, -0.15) is 0 Å². The van der Waals surface area contributed by atoms with Crippen molar-refractivity contribution in [3.63, 3.8) is 0 Å². The van der Waals surface area contributed by atoms with Gasteiger partial charge in [0.15, 0.2) is 0 Å². The van der Waals surface area contributed by atoms with Crippen molar-refractivity contribution in [2.45, 2.75) is 32.0 Å². The second-order valence-corrected chi connectivity index (χ2v) is 5.35. The number of benzene rings is 1. The Morgan fingerprint density at radius 2 is 2.06 bits per heavy atom. The van der Waals surface area contributed by atoms with Crippen LogP contribution in [0.15, 0.2) is 30.3 Å². The Morgan fingerprint density at radius 1 is 1.33 bits per heavy atom. The first-order valence-electron chi connectivity index (χ1n) is 6.80. The van der Waals surface area contributed by atoms with Crippen molar-refractivity contribution < 1.29 is 10.2 Å². The summed E-state index contributed by atoms with van der Waals surface area (Å²) in [5.41, 5.74) is 0.975. The van der Waals surface area contributed by atoms with Gasteiger partial charge < -0.3 is 15.1 Å². The minimum absolute atomic E-state index is 0.215. The van der Waals surface area contributed by atoms with Gasteiger partial charge in [0.25, 0.3) is 0 Å². The molecule has 1 heterocycles. The van der Waals surface area contributed by atoms with Crippen molar-refractivity contribution in [3.05, 3.63) is 35.9 Å². The van der Waals surface area contributed by atoms with Crippen molar-refractivity contribution >= 4 is 0 Å². The van der Waals surface area contributed by atoms with Gasteiger partial charge in [-0.05, 0) is 30.9 Å². The molecule has 1 saturated heterocycles. The van der Waals surface area contributed by atoms with Crippen LogP contribution in [0.1, 0.15) is 31.4 Å². The molecule has 3 unspecified atom stereocenters. The molecule has 3 nitrogen and oxygen atoms in total. The molecule has 1 aliphatic heterocycles. The Bertz CT molecular complexity index is 355. The highest BCUT2D eigenvalue weighted by molar-refractivity contribution is 5.17. The molecule has 0 aromatic heterocycles. The fourth-order valence-electron chi connectivity index (χ4n) is 2.46. The number of hydrogen-bond acceptors (Lipinski definition) is 3. The topological polar surface area (TPSA) is 43.7 Å². The molecule has 3 atom stereocenters. The summed E-state index contributed by atoms with van der Waals surface area (Å²) in [5, 5.41) is 19.9. The van der Waals surface area contributed by atoms with Crippen LogP contribution in [0.5, 0.6) is 0 Å². The van der Waals surface area contributed by atoms with E-state index < -0.39 is 6.10 Å². The first-order chi connectivity index (χ1) is 8.66. The van der Waals surface area contributed by atoms with Gasteiger partial charge in [0.1, 0.15) is 0 Å². The van der Waals surface area contributed by atoms with Crippen molar-refractivity contribution in [2.24, 2.45) is 5.92 Å². The Balaban J connectivity index is 1.78. The molecule has 1 aromatic carbocycles. The summed E-state index contributed by atoms with van der Waals surface area (Å²) in [6, 6.07) is 9.77. The first-order valence-corrected chi connectivity index (χ1v) is 6.80. The second-order valence-electron chi connectivity index (χ2n) is 5.35. The van der Waals surface area contributed by atoms with E-state index in [9.17, 15) is 10.2 Å². The van der Waals surface area contributed by atoms with Crippen LogP contribution in [-0.4, -0.2) is 40.9 Å². The summed E-state index contributed by atoms with van der Waals surface area (Å²) in [4.78, 5) is 2.25. The molecule has 1 aromatic rings. The highest BCUT2D eigenvalue weighted by atomic mass is 16.3. The van der Waals surface area contributed by atoms with Crippen LogP contribution in [0.25, 0.3) is 0 Å². The van der Waals surface area contributed by atoms with Gasteiger partial charge in [0, 0.05) is 13.1 Å². The normalized spacial score (nSPS) is 27.1. The first kappa shape index (κ1) is 13.5. The van der Waals surface area contributed by atoms with E-state index in [4.69, 9.17) is 0 Å². The van der Waals surface area contributed by atoms with Crippen molar-refractivity contribution in [2.75, 3.05) is 19.6 Å². The maximum Gasteiger partial charge on any atom is 0.0802 e. The minimum Gasteiger partial charge on any atom is -0.392 e. The average molecular weight is 249 g/mol. The third-order valence-electron chi connectivity index (χ3n) is 3.91. The van der Waals surface area contributed by atoms with E-state index in [0.29, 0.717) is 5.92 Å². The van der Waals surface area contributed by atoms with Crippen LogP contribution in [0.4, 0.5) is 0 Å². The number of rotatable bonds is 4. The number of aliphatic hydroxyl groups is 2. The zero-order valence-electron chi connectivity index (χ0n) is 11.0. The third-order valence-corrected chi connectivity index (χ3v) is 3.91. The van der Waals surface area contributed by atoms with E-state index in [1.807, 2.05) is 30.3 Å². The van der Waals surface area contributed by atoms with Crippen molar-refractivity contribution in [1.82, 2.24) is 4.90 Å². The number of hydrogen-bond donors (Lipinski definition) is 2. The lowest BCUT2D eigenvalue weighted by Gasteiger charge is -2.34. The summed E-state index contributed by atoms with van der Waals surface area (Å²) in [5.74, 6) is 0.403. The molecule has 1 fully saturated rings. The van der Waals surface area contributed by atoms with Gasteiger partial charge >= 0.3 is 0 Å².